The molecule has 0 aliphatic heterocycles. The summed E-state index contributed by atoms with van der Waals surface area (Å²) in [5, 5.41) is 2.85. The van der Waals surface area contributed by atoms with Crippen molar-refractivity contribution in [3.05, 3.63) is 72.1 Å². The van der Waals surface area contributed by atoms with Gasteiger partial charge in [-0.1, -0.05) is 6.92 Å². The quantitative estimate of drug-likeness (QED) is 0.587. The number of anilines is 2. The predicted molar refractivity (Wildman–Crippen MR) is 116 cm³/mol. The van der Waals surface area contributed by atoms with E-state index in [0.29, 0.717) is 18.0 Å². The van der Waals surface area contributed by atoms with Gasteiger partial charge < -0.3 is 24.0 Å². The summed E-state index contributed by atoms with van der Waals surface area (Å²) in [7, 11) is 3.89. The standard InChI is InChI=1S/C23H27N3O4/c1-5-16(2)26(23(28)21-9-7-13-30-21)15-17-14-18(10-11-19(17)25(3)4)24-22(27)20-8-6-12-29-20/h6-14,16H,5,15H2,1-4H3,(H,24,27)/t16-/m1/s1. The highest BCUT2D eigenvalue weighted by atomic mass is 16.3. The van der Waals surface area contributed by atoms with Gasteiger partial charge >= 0.3 is 0 Å². The van der Waals surface area contributed by atoms with Crippen molar-refractivity contribution < 1.29 is 18.4 Å². The Morgan fingerprint density at radius 1 is 1.03 bits per heavy atom. The van der Waals surface area contributed by atoms with Crippen molar-refractivity contribution in [3.8, 4) is 0 Å². The molecule has 0 bridgehead atoms. The zero-order chi connectivity index (χ0) is 21.7. The summed E-state index contributed by atoms with van der Waals surface area (Å²) in [6.07, 6.45) is 3.76. The predicted octanol–water partition coefficient (Wildman–Crippen LogP) is 4.63. The number of hydrogen-bond acceptors (Lipinski definition) is 5. The van der Waals surface area contributed by atoms with Crippen molar-refractivity contribution in [3.63, 3.8) is 0 Å². The fraction of sp³-hybridized carbons (Fsp3) is 0.304. The highest BCUT2D eigenvalue weighted by molar-refractivity contribution is 6.02. The molecule has 7 nitrogen and oxygen atoms in total. The van der Waals surface area contributed by atoms with E-state index in [1.165, 1.54) is 12.5 Å². The van der Waals surface area contributed by atoms with Crippen molar-refractivity contribution in [2.45, 2.75) is 32.9 Å². The molecule has 1 atom stereocenters. The summed E-state index contributed by atoms with van der Waals surface area (Å²) < 4.78 is 10.5. The van der Waals surface area contributed by atoms with Gasteiger partial charge in [0, 0.05) is 38.1 Å². The molecule has 158 valence electrons. The number of rotatable bonds is 8. The van der Waals surface area contributed by atoms with Gasteiger partial charge in [-0.15, -0.1) is 0 Å². The van der Waals surface area contributed by atoms with Crippen LogP contribution in [0, 0.1) is 0 Å². The van der Waals surface area contributed by atoms with Gasteiger partial charge in [0.1, 0.15) is 0 Å². The van der Waals surface area contributed by atoms with Crippen LogP contribution in [0.3, 0.4) is 0 Å². The molecule has 0 fully saturated rings. The molecule has 7 heteroatoms. The number of hydrogen-bond donors (Lipinski definition) is 1. The van der Waals surface area contributed by atoms with Crippen LogP contribution in [0.2, 0.25) is 0 Å². The second-order valence-corrected chi connectivity index (χ2v) is 7.34. The van der Waals surface area contributed by atoms with Gasteiger partial charge in [-0.25, -0.2) is 0 Å². The number of nitrogens with zero attached hydrogens (tertiary/aromatic N) is 2. The van der Waals surface area contributed by atoms with E-state index < -0.39 is 0 Å². The van der Waals surface area contributed by atoms with Crippen LogP contribution >= 0.6 is 0 Å². The van der Waals surface area contributed by atoms with E-state index in [9.17, 15) is 9.59 Å². The maximum atomic E-state index is 13.0. The number of amides is 2. The second-order valence-electron chi connectivity index (χ2n) is 7.34. The lowest BCUT2D eigenvalue weighted by atomic mass is 10.1. The molecule has 30 heavy (non-hydrogen) atoms. The monoisotopic (exact) mass is 409 g/mol. The molecule has 0 spiro atoms. The van der Waals surface area contributed by atoms with Crippen LogP contribution in [0.5, 0.6) is 0 Å². The first kappa shape index (κ1) is 21.2. The summed E-state index contributed by atoms with van der Waals surface area (Å²) in [6.45, 7) is 4.44. The molecular weight excluding hydrogens is 382 g/mol. The minimum Gasteiger partial charge on any atom is -0.459 e. The van der Waals surface area contributed by atoms with Crippen molar-refractivity contribution >= 4 is 23.2 Å². The molecule has 0 radical (unpaired) electrons. The lowest BCUT2D eigenvalue weighted by molar-refractivity contribution is 0.0639. The van der Waals surface area contributed by atoms with Crippen LogP contribution in [-0.4, -0.2) is 36.9 Å². The zero-order valence-corrected chi connectivity index (χ0v) is 17.7. The molecule has 1 aromatic carbocycles. The molecule has 2 aromatic heterocycles. The minimum atomic E-state index is -0.325. The molecule has 0 saturated heterocycles. The van der Waals surface area contributed by atoms with E-state index in [4.69, 9.17) is 8.83 Å². The van der Waals surface area contributed by atoms with Gasteiger partial charge in [0.2, 0.25) is 0 Å². The summed E-state index contributed by atoms with van der Waals surface area (Å²) in [4.78, 5) is 29.2. The van der Waals surface area contributed by atoms with Crippen molar-refractivity contribution in [1.82, 2.24) is 4.90 Å². The average Bonchev–Trinajstić information content (AvgIpc) is 3.45. The van der Waals surface area contributed by atoms with Gasteiger partial charge in [-0.2, -0.15) is 0 Å². The second kappa shape index (κ2) is 9.35. The Bertz CT molecular complexity index is 978. The van der Waals surface area contributed by atoms with Crippen LogP contribution in [0.4, 0.5) is 11.4 Å². The summed E-state index contributed by atoms with van der Waals surface area (Å²) in [5.74, 6) is 0.0597. The van der Waals surface area contributed by atoms with E-state index in [1.807, 2.05) is 51.0 Å². The van der Waals surface area contributed by atoms with Gasteiger partial charge in [-0.05, 0) is 61.4 Å². The number of nitrogens with one attached hydrogen (secondary N) is 1. The number of carbonyl (C=O) groups is 2. The Balaban J connectivity index is 1.90. The van der Waals surface area contributed by atoms with Crippen LogP contribution in [0.25, 0.3) is 0 Å². The fourth-order valence-corrected chi connectivity index (χ4v) is 3.20. The van der Waals surface area contributed by atoms with Gasteiger partial charge in [-0.3, -0.25) is 9.59 Å². The third-order valence-electron chi connectivity index (χ3n) is 5.02. The van der Waals surface area contributed by atoms with Crippen molar-refractivity contribution in [1.29, 1.82) is 0 Å². The first-order chi connectivity index (χ1) is 14.4. The normalized spacial score (nSPS) is 11.7. The van der Waals surface area contributed by atoms with Gasteiger partial charge in [0.05, 0.1) is 12.5 Å². The Morgan fingerprint density at radius 2 is 1.70 bits per heavy atom. The molecular formula is C23H27N3O4. The first-order valence-corrected chi connectivity index (χ1v) is 9.90. The topological polar surface area (TPSA) is 78.9 Å². The maximum Gasteiger partial charge on any atom is 0.291 e. The van der Waals surface area contributed by atoms with Gasteiger partial charge in [0.15, 0.2) is 11.5 Å². The highest BCUT2D eigenvalue weighted by Crippen LogP contribution is 2.27. The summed E-state index contributed by atoms with van der Waals surface area (Å²) in [5.41, 5.74) is 2.51. The SMILES string of the molecule is CC[C@@H](C)N(Cc1cc(NC(=O)c2ccco2)ccc1N(C)C)C(=O)c1ccco1. The Morgan fingerprint density at radius 3 is 2.27 bits per heavy atom. The van der Waals surface area contributed by atoms with Crippen molar-refractivity contribution in [2.75, 3.05) is 24.3 Å². The molecule has 2 heterocycles. The van der Waals surface area contributed by atoms with Crippen LogP contribution in [-0.2, 0) is 6.54 Å². The average molecular weight is 409 g/mol. The summed E-state index contributed by atoms with van der Waals surface area (Å²) >= 11 is 0. The van der Waals surface area contributed by atoms with E-state index in [2.05, 4.69) is 5.32 Å². The zero-order valence-electron chi connectivity index (χ0n) is 17.7. The maximum absolute atomic E-state index is 13.0. The van der Waals surface area contributed by atoms with E-state index >= 15 is 0 Å². The van der Waals surface area contributed by atoms with E-state index in [-0.39, 0.29) is 23.6 Å². The largest absolute Gasteiger partial charge is 0.459 e. The van der Waals surface area contributed by atoms with Gasteiger partial charge in [0.25, 0.3) is 11.8 Å². The lowest BCUT2D eigenvalue weighted by Gasteiger charge is -2.30. The van der Waals surface area contributed by atoms with E-state index in [1.54, 1.807) is 29.2 Å². The summed E-state index contributed by atoms with van der Waals surface area (Å²) in [6, 6.07) is 12.3. The molecule has 2 amide bonds. The Kier molecular flexibility index (Phi) is 6.61. The molecule has 0 aliphatic carbocycles. The fourth-order valence-electron chi connectivity index (χ4n) is 3.20. The third kappa shape index (κ3) is 4.74. The number of carbonyl (C=O) groups excluding carboxylic acids is 2. The minimum absolute atomic E-state index is 0.0129. The Labute approximate surface area is 176 Å². The van der Waals surface area contributed by atoms with Crippen LogP contribution < -0.4 is 10.2 Å². The molecule has 3 rings (SSSR count). The third-order valence-corrected chi connectivity index (χ3v) is 5.02. The molecule has 0 unspecified atom stereocenters. The lowest BCUT2D eigenvalue weighted by Crippen LogP contribution is -2.38. The molecule has 0 saturated carbocycles. The van der Waals surface area contributed by atoms with Crippen LogP contribution in [0.15, 0.2) is 63.8 Å². The smallest absolute Gasteiger partial charge is 0.291 e. The highest BCUT2D eigenvalue weighted by Gasteiger charge is 2.24. The first-order valence-electron chi connectivity index (χ1n) is 9.90. The number of furan rings is 2. The number of benzene rings is 1. The molecule has 3 aromatic rings. The Hall–Kier alpha value is -3.48. The molecule has 0 aliphatic rings. The van der Waals surface area contributed by atoms with Crippen molar-refractivity contribution in [2.24, 2.45) is 0 Å². The van der Waals surface area contributed by atoms with Crippen LogP contribution in [0.1, 0.15) is 46.9 Å². The molecule has 1 N–H and O–H groups in total. The van der Waals surface area contributed by atoms with E-state index in [0.717, 1.165) is 17.7 Å².